The molecule has 116 valence electrons. The van der Waals surface area contributed by atoms with E-state index in [9.17, 15) is 26.3 Å². The Balaban J connectivity index is 5.76. The fourth-order valence-electron chi connectivity index (χ4n) is 1.71. The molecule has 0 aliphatic carbocycles. The number of hydrogen-bond acceptors (Lipinski definition) is 1. The van der Waals surface area contributed by atoms with Crippen molar-refractivity contribution in [2.75, 3.05) is 0 Å². The molecule has 0 saturated heterocycles. The quantitative estimate of drug-likeness (QED) is 0.655. The van der Waals surface area contributed by atoms with Crippen LogP contribution in [0.2, 0.25) is 0 Å². The highest BCUT2D eigenvalue weighted by atomic mass is 19.4. The third kappa shape index (κ3) is 4.54. The van der Waals surface area contributed by atoms with Crippen LogP contribution in [0.15, 0.2) is 0 Å². The van der Waals surface area contributed by atoms with Crippen LogP contribution in [0.1, 0.15) is 47.5 Å². The smallest absolute Gasteiger partial charge is 0.352 e. The molecule has 1 unspecified atom stereocenters. The second-order valence-corrected chi connectivity index (χ2v) is 5.75. The molecule has 0 aliphatic heterocycles. The van der Waals surface area contributed by atoms with Crippen molar-refractivity contribution in [3.8, 4) is 0 Å². The largest absolute Gasteiger partial charge is 0.426 e. The van der Waals surface area contributed by atoms with Gasteiger partial charge in [-0.05, 0) is 33.1 Å². The summed E-state index contributed by atoms with van der Waals surface area (Å²) in [5, 5.41) is 0. The molecule has 0 spiro atoms. The summed E-state index contributed by atoms with van der Waals surface area (Å²) < 4.78 is 82.8. The van der Waals surface area contributed by atoms with Crippen molar-refractivity contribution in [1.82, 2.24) is 0 Å². The Morgan fingerprint density at radius 3 is 1.47 bits per heavy atom. The van der Waals surface area contributed by atoms with Gasteiger partial charge in [-0.2, -0.15) is 26.3 Å². The highest BCUT2D eigenvalue weighted by molar-refractivity contribution is 4.98. The highest BCUT2D eigenvalue weighted by Gasteiger charge is 2.73. The van der Waals surface area contributed by atoms with Gasteiger partial charge in [0.2, 0.25) is 0 Å². The third-order valence-electron chi connectivity index (χ3n) is 2.73. The van der Waals surface area contributed by atoms with Gasteiger partial charge < -0.3 is 4.74 Å². The Labute approximate surface area is 109 Å². The lowest BCUT2D eigenvalue weighted by atomic mass is 9.87. The van der Waals surface area contributed by atoms with E-state index in [2.05, 4.69) is 4.74 Å². The van der Waals surface area contributed by atoms with E-state index in [1.807, 2.05) is 0 Å². The van der Waals surface area contributed by atoms with E-state index in [0.29, 0.717) is 0 Å². The Kier molecular flexibility index (Phi) is 5.37. The molecule has 0 fully saturated rings. The summed E-state index contributed by atoms with van der Waals surface area (Å²) in [7, 11) is 0. The topological polar surface area (TPSA) is 9.23 Å². The van der Waals surface area contributed by atoms with Crippen LogP contribution in [0.25, 0.3) is 0 Å². The normalized spacial score (nSPS) is 16.6. The number of halogens is 6. The minimum absolute atomic E-state index is 0.210. The summed E-state index contributed by atoms with van der Waals surface area (Å²) in [6.45, 7) is 6.42. The second kappa shape index (κ2) is 5.50. The molecule has 0 amide bonds. The summed E-state index contributed by atoms with van der Waals surface area (Å²) in [5.41, 5.74) is -5.67. The van der Waals surface area contributed by atoms with Gasteiger partial charge in [0.05, 0.1) is 5.60 Å². The predicted molar refractivity (Wildman–Crippen MR) is 59.8 cm³/mol. The fraction of sp³-hybridized carbons (Fsp3) is 1.00. The summed E-state index contributed by atoms with van der Waals surface area (Å²) >= 11 is 0. The fourth-order valence-corrected chi connectivity index (χ4v) is 1.71. The Hall–Kier alpha value is -0.460. The molecule has 0 saturated carbocycles. The molecule has 0 aromatic heterocycles. The highest BCUT2D eigenvalue weighted by Crippen LogP contribution is 2.51. The number of rotatable bonds is 4. The summed E-state index contributed by atoms with van der Waals surface area (Å²) in [5.74, 6) is -0.759. The molecule has 0 radical (unpaired) electrons. The van der Waals surface area contributed by atoms with Crippen LogP contribution < -0.4 is 0 Å². The molecule has 0 aromatic carbocycles. The first-order valence-corrected chi connectivity index (χ1v) is 6.00. The first-order valence-electron chi connectivity index (χ1n) is 6.00. The predicted octanol–water partition coefficient (Wildman–Crippen LogP) is 5.10. The molecular weight excluding hydrogens is 274 g/mol. The van der Waals surface area contributed by atoms with Crippen LogP contribution in [0.3, 0.4) is 0 Å². The first kappa shape index (κ1) is 18.5. The van der Waals surface area contributed by atoms with Crippen LogP contribution >= 0.6 is 0 Å². The molecule has 7 heteroatoms. The standard InChI is InChI=1S/C12H20F6O/c1-6-8(2)7-10(11(13,14)15,12(16,17)18)19-9(3,4)5/h8H,6-7H2,1-5H3. The minimum atomic E-state index is -5.51. The Morgan fingerprint density at radius 1 is 0.895 bits per heavy atom. The Bertz CT molecular complexity index is 272. The van der Waals surface area contributed by atoms with E-state index in [0.717, 1.165) is 0 Å². The van der Waals surface area contributed by atoms with Crippen LogP contribution in [0.5, 0.6) is 0 Å². The maximum absolute atomic E-state index is 13.1. The molecule has 0 heterocycles. The molecule has 0 aromatic rings. The van der Waals surface area contributed by atoms with Gasteiger partial charge in [0, 0.05) is 0 Å². The molecule has 1 nitrogen and oxygen atoms in total. The molecule has 0 bridgehead atoms. The van der Waals surface area contributed by atoms with E-state index in [4.69, 9.17) is 0 Å². The van der Waals surface area contributed by atoms with Crippen molar-refractivity contribution < 1.29 is 31.1 Å². The van der Waals surface area contributed by atoms with Gasteiger partial charge in [0.15, 0.2) is 0 Å². The summed E-state index contributed by atoms with van der Waals surface area (Å²) in [6, 6.07) is 0. The number of alkyl halides is 6. The van der Waals surface area contributed by atoms with Gasteiger partial charge in [-0.25, -0.2) is 0 Å². The SMILES string of the molecule is CCC(C)CC(OC(C)(C)C)(C(F)(F)F)C(F)(F)F. The summed E-state index contributed by atoms with van der Waals surface area (Å²) in [6.07, 6.45) is -11.9. The lowest BCUT2D eigenvalue weighted by Gasteiger charge is -2.42. The summed E-state index contributed by atoms with van der Waals surface area (Å²) in [4.78, 5) is 0. The molecule has 0 N–H and O–H groups in total. The zero-order valence-corrected chi connectivity index (χ0v) is 11.7. The van der Waals surface area contributed by atoms with Crippen molar-refractivity contribution in [2.24, 2.45) is 5.92 Å². The lowest BCUT2D eigenvalue weighted by Crippen LogP contribution is -2.62. The van der Waals surface area contributed by atoms with Crippen LogP contribution in [0, 0.1) is 5.92 Å². The van der Waals surface area contributed by atoms with E-state index in [1.165, 1.54) is 27.7 Å². The van der Waals surface area contributed by atoms with Crippen molar-refractivity contribution in [2.45, 2.75) is 71.0 Å². The molecule has 0 aliphatic rings. The van der Waals surface area contributed by atoms with E-state index >= 15 is 0 Å². The van der Waals surface area contributed by atoms with Crippen molar-refractivity contribution in [3.63, 3.8) is 0 Å². The van der Waals surface area contributed by atoms with Gasteiger partial charge in [-0.15, -0.1) is 0 Å². The van der Waals surface area contributed by atoms with Gasteiger partial charge in [0.1, 0.15) is 0 Å². The average Bonchev–Trinajstić information content (AvgIpc) is 2.10. The van der Waals surface area contributed by atoms with Crippen LogP contribution in [0.4, 0.5) is 26.3 Å². The van der Waals surface area contributed by atoms with Crippen molar-refractivity contribution >= 4 is 0 Å². The van der Waals surface area contributed by atoms with Crippen LogP contribution in [-0.2, 0) is 4.74 Å². The van der Waals surface area contributed by atoms with Crippen molar-refractivity contribution in [3.05, 3.63) is 0 Å². The number of hydrogen-bond donors (Lipinski definition) is 0. The second-order valence-electron chi connectivity index (χ2n) is 5.75. The molecule has 1 atom stereocenters. The average molecular weight is 294 g/mol. The maximum Gasteiger partial charge on any atom is 0.426 e. The maximum atomic E-state index is 13.1. The minimum Gasteiger partial charge on any atom is -0.352 e. The monoisotopic (exact) mass is 294 g/mol. The Morgan fingerprint density at radius 2 is 1.26 bits per heavy atom. The van der Waals surface area contributed by atoms with Gasteiger partial charge in [-0.1, -0.05) is 20.3 Å². The molecule has 19 heavy (non-hydrogen) atoms. The van der Waals surface area contributed by atoms with Gasteiger partial charge in [-0.3, -0.25) is 0 Å². The zero-order valence-electron chi connectivity index (χ0n) is 11.7. The van der Waals surface area contributed by atoms with Crippen LogP contribution in [-0.4, -0.2) is 23.6 Å². The van der Waals surface area contributed by atoms with E-state index < -0.39 is 35.9 Å². The molecular formula is C12H20F6O. The number of ether oxygens (including phenoxy) is 1. The third-order valence-corrected chi connectivity index (χ3v) is 2.73. The van der Waals surface area contributed by atoms with E-state index in [1.54, 1.807) is 6.92 Å². The van der Waals surface area contributed by atoms with E-state index in [-0.39, 0.29) is 6.42 Å². The zero-order chi connectivity index (χ0) is 15.7. The van der Waals surface area contributed by atoms with Crippen molar-refractivity contribution in [1.29, 1.82) is 0 Å². The van der Waals surface area contributed by atoms with Gasteiger partial charge in [0.25, 0.3) is 5.60 Å². The first-order chi connectivity index (χ1) is 8.16. The molecule has 0 rings (SSSR count). The van der Waals surface area contributed by atoms with Gasteiger partial charge >= 0.3 is 12.4 Å². The lowest BCUT2D eigenvalue weighted by molar-refractivity contribution is -0.402.